The van der Waals surface area contributed by atoms with E-state index in [2.05, 4.69) is 88.1 Å². The van der Waals surface area contributed by atoms with Crippen LogP contribution >= 0.6 is 0 Å². The number of aromatic amines is 1. The highest BCUT2D eigenvalue weighted by molar-refractivity contribution is 5.76. The van der Waals surface area contributed by atoms with E-state index in [0.717, 1.165) is 66.7 Å². The van der Waals surface area contributed by atoms with E-state index in [0.29, 0.717) is 12.4 Å². The lowest BCUT2D eigenvalue weighted by molar-refractivity contribution is 0.618. The van der Waals surface area contributed by atoms with Crippen LogP contribution in [0.3, 0.4) is 0 Å². The van der Waals surface area contributed by atoms with Gasteiger partial charge in [0.1, 0.15) is 0 Å². The van der Waals surface area contributed by atoms with Gasteiger partial charge in [-0.1, -0.05) is 69.2 Å². The normalized spacial score (nSPS) is 11.2. The van der Waals surface area contributed by atoms with Gasteiger partial charge >= 0.3 is 5.69 Å². The van der Waals surface area contributed by atoms with Gasteiger partial charge in [-0.05, 0) is 65.4 Å². The fourth-order valence-electron chi connectivity index (χ4n) is 4.89. The number of aromatic nitrogens is 7. The zero-order valence-corrected chi connectivity index (χ0v) is 22.0. The van der Waals surface area contributed by atoms with E-state index >= 15 is 0 Å². The molecule has 0 atom stereocenters. The number of para-hydroxylation sites is 1. The summed E-state index contributed by atoms with van der Waals surface area (Å²) in [6.07, 6.45) is 9.62. The van der Waals surface area contributed by atoms with Crippen LogP contribution in [0.25, 0.3) is 28.3 Å². The minimum absolute atomic E-state index is 0.0371. The third-order valence-electron chi connectivity index (χ3n) is 6.88. The molecule has 5 rings (SSSR count). The average molecular weight is 508 g/mol. The summed E-state index contributed by atoms with van der Waals surface area (Å²) in [6, 6.07) is 20.4. The Bertz CT molecular complexity index is 1530. The third kappa shape index (κ3) is 5.34. The zero-order valence-electron chi connectivity index (χ0n) is 22.0. The predicted molar refractivity (Wildman–Crippen MR) is 149 cm³/mol. The first kappa shape index (κ1) is 25.3. The van der Waals surface area contributed by atoms with Gasteiger partial charge in [0.25, 0.3) is 0 Å². The number of rotatable bonds is 11. The number of hydrogen-bond acceptors (Lipinski definition) is 5. The van der Waals surface area contributed by atoms with Crippen LogP contribution < -0.4 is 5.69 Å². The first-order valence-corrected chi connectivity index (χ1v) is 13.4. The van der Waals surface area contributed by atoms with E-state index in [1.54, 1.807) is 6.20 Å². The molecule has 194 valence electrons. The average Bonchev–Trinajstić information content (AvgIpc) is 3.60. The molecule has 3 aromatic heterocycles. The smallest absolute Gasteiger partial charge is 0.296 e. The molecule has 8 heteroatoms. The van der Waals surface area contributed by atoms with Crippen LogP contribution in [0.5, 0.6) is 0 Å². The van der Waals surface area contributed by atoms with Gasteiger partial charge in [0.2, 0.25) is 0 Å². The highest BCUT2D eigenvalue weighted by atomic mass is 16.1. The number of pyridine rings is 1. The second-order valence-electron chi connectivity index (χ2n) is 9.50. The van der Waals surface area contributed by atoms with Crippen molar-refractivity contribution in [1.82, 2.24) is 34.7 Å². The summed E-state index contributed by atoms with van der Waals surface area (Å²) in [6.45, 7) is 4.99. The minimum Gasteiger partial charge on any atom is -0.296 e. The molecule has 3 heterocycles. The summed E-state index contributed by atoms with van der Waals surface area (Å²) >= 11 is 0. The molecule has 0 spiro atoms. The number of hydrogen-bond donors (Lipinski definition) is 1. The zero-order chi connectivity index (χ0) is 26.3. The highest BCUT2D eigenvalue weighted by Crippen LogP contribution is 2.27. The summed E-state index contributed by atoms with van der Waals surface area (Å²) in [4.78, 5) is 18.2. The van der Waals surface area contributed by atoms with Gasteiger partial charge in [-0.25, -0.2) is 9.89 Å². The number of imidazole rings is 1. The van der Waals surface area contributed by atoms with Crippen molar-refractivity contribution in [2.24, 2.45) is 0 Å². The number of nitrogens with zero attached hydrogens (tertiary/aromatic N) is 6. The van der Waals surface area contributed by atoms with Gasteiger partial charge < -0.3 is 0 Å². The molecule has 5 aromatic rings. The second-order valence-corrected chi connectivity index (χ2v) is 9.50. The van der Waals surface area contributed by atoms with E-state index in [-0.39, 0.29) is 5.69 Å². The third-order valence-corrected chi connectivity index (χ3v) is 6.88. The van der Waals surface area contributed by atoms with Crippen molar-refractivity contribution in [3.63, 3.8) is 0 Å². The molecule has 0 aliphatic heterocycles. The van der Waals surface area contributed by atoms with Gasteiger partial charge in [-0.3, -0.25) is 14.1 Å². The number of tetrazole rings is 1. The molecule has 0 radical (unpaired) electrons. The Morgan fingerprint density at radius 3 is 2.50 bits per heavy atom. The first-order valence-electron chi connectivity index (χ1n) is 13.4. The quantitative estimate of drug-likeness (QED) is 0.258. The van der Waals surface area contributed by atoms with E-state index in [1.807, 2.05) is 27.3 Å². The number of H-pyrrole nitrogens is 1. The van der Waals surface area contributed by atoms with Crippen LogP contribution in [0, 0.1) is 0 Å². The standard InChI is InChI=1S/C30H33N7O/c1-3-5-11-25-21-37(27-13-7-6-10-23(27)9-4-2)30(38)36(25)20-18-22-14-16-24(17-15-22)28-26(12-8-19-31-28)29-32-34-35-33-29/h6-8,10,12-17,19,21H,3-5,9,11,18,20H2,1-2H3,(H,32,33,34,35). The molecule has 2 aromatic carbocycles. The molecule has 0 unspecified atom stereocenters. The summed E-state index contributed by atoms with van der Waals surface area (Å²) in [5.41, 5.74) is 7.16. The Morgan fingerprint density at radius 2 is 1.74 bits per heavy atom. The van der Waals surface area contributed by atoms with Crippen LogP contribution in [0.2, 0.25) is 0 Å². The van der Waals surface area contributed by atoms with E-state index < -0.39 is 0 Å². The van der Waals surface area contributed by atoms with Gasteiger partial charge in [0, 0.05) is 35.8 Å². The van der Waals surface area contributed by atoms with Gasteiger partial charge in [0.15, 0.2) is 5.82 Å². The Balaban J connectivity index is 1.39. The molecule has 0 aliphatic carbocycles. The molecule has 8 nitrogen and oxygen atoms in total. The van der Waals surface area contributed by atoms with Crippen LogP contribution in [-0.2, 0) is 25.8 Å². The monoisotopic (exact) mass is 507 g/mol. The highest BCUT2D eigenvalue weighted by Gasteiger charge is 2.15. The summed E-state index contributed by atoms with van der Waals surface area (Å²) < 4.78 is 3.81. The number of benzene rings is 2. The Hall–Kier alpha value is -4.33. The molecular weight excluding hydrogens is 474 g/mol. The molecule has 0 fully saturated rings. The Kier molecular flexibility index (Phi) is 7.87. The van der Waals surface area contributed by atoms with Crippen LogP contribution in [0.1, 0.15) is 49.9 Å². The molecule has 0 aliphatic rings. The van der Waals surface area contributed by atoms with Gasteiger partial charge in [-0.15, -0.1) is 5.10 Å². The minimum atomic E-state index is 0.0371. The second kappa shape index (κ2) is 11.8. The van der Waals surface area contributed by atoms with Crippen LogP contribution in [0.4, 0.5) is 0 Å². The fourth-order valence-corrected chi connectivity index (χ4v) is 4.89. The molecule has 0 saturated carbocycles. The topological polar surface area (TPSA) is 94.3 Å². The fraction of sp³-hybridized carbons (Fsp3) is 0.300. The summed E-state index contributed by atoms with van der Waals surface area (Å²) in [5, 5.41) is 14.2. The summed E-state index contributed by atoms with van der Waals surface area (Å²) in [5.74, 6) is 0.584. The maximum atomic E-state index is 13.6. The van der Waals surface area contributed by atoms with Crippen molar-refractivity contribution in [1.29, 1.82) is 0 Å². The molecule has 0 amide bonds. The Morgan fingerprint density at radius 1 is 0.895 bits per heavy atom. The lowest BCUT2D eigenvalue weighted by Crippen LogP contribution is -2.25. The van der Waals surface area contributed by atoms with Crippen LogP contribution in [-0.4, -0.2) is 34.7 Å². The maximum Gasteiger partial charge on any atom is 0.332 e. The number of unbranched alkanes of at least 4 members (excludes halogenated alkanes) is 1. The van der Waals surface area contributed by atoms with E-state index in [1.165, 1.54) is 11.1 Å². The van der Waals surface area contributed by atoms with E-state index in [4.69, 9.17) is 0 Å². The molecule has 0 bridgehead atoms. The van der Waals surface area contributed by atoms with Crippen molar-refractivity contribution < 1.29 is 0 Å². The lowest BCUT2D eigenvalue weighted by Gasteiger charge is -2.10. The lowest BCUT2D eigenvalue weighted by atomic mass is 10.0. The Labute approximate surface area is 222 Å². The first-order chi connectivity index (χ1) is 18.7. The maximum absolute atomic E-state index is 13.6. The van der Waals surface area contributed by atoms with Gasteiger partial charge in [-0.2, -0.15) is 0 Å². The largest absolute Gasteiger partial charge is 0.332 e. The van der Waals surface area contributed by atoms with Crippen LogP contribution in [0.15, 0.2) is 77.9 Å². The van der Waals surface area contributed by atoms with Crippen molar-refractivity contribution in [2.75, 3.05) is 0 Å². The molecule has 38 heavy (non-hydrogen) atoms. The SMILES string of the molecule is CCCCc1cn(-c2ccccc2CCC)c(=O)n1CCc1ccc(-c2ncccc2-c2nnn[nH]2)cc1. The molecule has 0 saturated heterocycles. The van der Waals surface area contributed by atoms with Gasteiger partial charge in [0.05, 0.1) is 11.4 Å². The molecule has 1 N–H and O–H groups in total. The van der Waals surface area contributed by atoms with Crippen molar-refractivity contribution >= 4 is 0 Å². The number of nitrogens with one attached hydrogen (secondary N) is 1. The number of aryl methyl sites for hydroxylation is 3. The summed E-state index contributed by atoms with van der Waals surface area (Å²) in [7, 11) is 0. The van der Waals surface area contributed by atoms with E-state index in [9.17, 15) is 4.79 Å². The van der Waals surface area contributed by atoms with Crippen molar-refractivity contribution in [3.05, 3.63) is 100 Å². The molecular formula is C30H33N7O. The van der Waals surface area contributed by atoms with Crippen molar-refractivity contribution in [3.8, 4) is 28.3 Å². The predicted octanol–water partition coefficient (Wildman–Crippen LogP) is 5.42. The van der Waals surface area contributed by atoms with Crippen molar-refractivity contribution in [2.45, 2.75) is 58.9 Å².